The van der Waals surface area contributed by atoms with Gasteiger partial charge in [-0.1, -0.05) is 6.92 Å². The fraction of sp³-hybridized carbons (Fsp3) is 0.667. The van der Waals surface area contributed by atoms with E-state index in [4.69, 9.17) is 5.73 Å². The quantitative estimate of drug-likeness (QED) is 0.752. The van der Waals surface area contributed by atoms with Gasteiger partial charge in [0.15, 0.2) is 0 Å². The molecule has 1 aromatic heterocycles. The number of hydrogen-bond acceptors (Lipinski definition) is 2. The Morgan fingerprint density at radius 3 is 2.93 bits per heavy atom. The van der Waals surface area contributed by atoms with Crippen molar-refractivity contribution in [1.82, 2.24) is 0 Å². The van der Waals surface area contributed by atoms with Crippen molar-refractivity contribution in [2.24, 2.45) is 11.1 Å². The lowest BCUT2D eigenvalue weighted by atomic mass is 9.81. The van der Waals surface area contributed by atoms with Gasteiger partial charge in [-0.3, -0.25) is 0 Å². The van der Waals surface area contributed by atoms with Crippen LogP contribution in [0.2, 0.25) is 0 Å². The molecule has 0 aliphatic heterocycles. The van der Waals surface area contributed by atoms with E-state index in [0.29, 0.717) is 11.5 Å². The molecule has 0 aromatic carbocycles. The summed E-state index contributed by atoms with van der Waals surface area (Å²) in [4.78, 5) is 3.09. The Balaban J connectivity index is 2.01. The Labute approximate surface area is 89.3 Å². The van der Waals surface area contributed by atoms with E-state index < -0.39 is 0 Å². The van der Waals surface area contributed by atoms with Crippen LogP contribution in [-0.4, -0.2) is 0 Å². The van der Waals surface area contributed by atoms with E-state index in [0.717, 1.165) is 6.42 Å². The van der Waals surface area contributed by atoms with E-state index in [1.807, 2.05) is 11.3 Å². The summed E-state index contributed by atoms with van der Waals surface area (Å²) in [5, 5.41) is 0. The molecule has 0 bridgehead atoms. The SMILES string of the molecule is CCc1cc2c(s1)CCC1(CC1)C2N. The maximum atomic E-state index is 6.36. The van der Waals surface area contributed by atoms with Gasteiger partial charge >= 0.3 is 0 Å². The molecule has 1 atom stereocenters. The number of hydrogen-bond donors (Lipinski definition) is 1. The lowest BCUT2D eigenvalue weighted by molar-refractivity contribution is 0.357. The zero-order valence-corrected chi connectivity index (χ0v) is 9.49. The number of nitrogens with two attached hydrogens (primary N) is 1. The van der Waals surface area contributed by atoms with Gasteiger partial charge in [0.2, 0.25) is 0 Å². The Hall–Kier alpha value is -0.340. The molecule has 1 heterocycles. The molecule has 1 unspecified atom stereocenters. The fourth-order valence-corrected chi connectivity index (χ4v) is 3.86. The molecule has 76 valence electrons. The van der Waals surface area contributed by atoms with E-state index in [-0.39, 0.29) is 0 Å². The second kappa shape index (κ2) is 2.83. The molecule has 2 aliphatic carbocycles. The number of fused-ring (bicyclic) bond motifs is 1. The van der Waals surface area contributed by atoms with Crippen LogP contribution >= 0.6 is 11.3 Å². The van der Waals surface area contributed by atoms with E-state index >= 15 is 0 Å². The Kier molecular flexibility index (Phi) is 1.80. The third-order valence-electron chi connectivity index (χ3n) is 3.98. The first-order valence-corrected chi connectivity index (χ1v) is 6.44. The zero-order valence-electron chi connectivity index (χ0n) is 8.68. The molecule has 3 rings (SSSR count). The predicted molar refractivity (Wildman–Crippen MR) is 60.6 cm³/mol. The van der Waals surface area contributed by atoms with E-state index in [9.17, 15) is 0 Å². The Morgan fingerprint density at radius 2 is 2.29 bits per heavy atom. The van der Waals surface area contributed by atoms with Crippen molar-refractivity contribution in [2.75, 3.05) is 0 Å². The van der Waals surface area contributed by atoms with Gasteiger partial charge in [-0.2, -0.15) is 0 Å². The van der Waals surface area contributed by atoms with Gasteiger partial charge in [0.05, 0.1) is 0 Å². The molecular weight excluding hydrogens is 190 g/mol. The van der Waals surface area contributed by atoms with Gasteiger partial charge in [-0.25, -0.2) is 0 Å². The lowest BCUT2D eigenvalue weighted by Crippen LogP contribution is -2.27. The van der Waals surface area contributed by atoms with Gasteiger partial charge in [0.25, 0.3) is 0 Å². The van der Waals surface area contributed by atoms with Crippen molar-refractivity contribution in [3.63, 3.8) is 0 Å². The highest BCUT2D eigenvalue weighted by atomic mass is 32.1. The molecule has 1 nitrogen and oxygen atoms in total. The average molecular weight is 207 g/mol. The van der Waals surface area contributed by atoms with Crippen molar-refractivity contribution < 1.29 is 0 Å². The molecule has 14 heavy (non-hydrogen) atoms. The second-order valence-corrected chi connectivity index (χ2v) is 6.01. The van der Waals surface area contributed by atoms with E-state index in [1.165, 1.54) is 36.1 Å². The highest BCUT2D eigenvalue weighted by Crippen LogP contribution is 2.60. The standard InChI is InChI=1S/C12H17NS/c1-2-8-7-9-10(14-8)3-4-12(5-6-12)11(9)13/h7,11H,2-6,13H2,1H3. The van der Waals surface area contributed by atoms with Crippen LogP contribution in [0.4, 0.5) is 0 Å². The number of thiophene rings is 1. The summed E-state index contributed by atoms with van der Waals surface area (Å²) in [6.45, 7) is 2.23. The van der Waals surface area contributed by atoms with Crippen LogP contribution in [0.3, 0.4) is 0 Å². The highest BCUT2D eigenvalue weighted by molar-refractivity contribution is 7.12. The summed E-state index contributed by atoms with van der Waals surface area (Å²) in [5.74, 6) is 0. The molecule has 2 heteroatoms. The smallest absolute Gasteiger partial charge is 0.0363 e. The minimum atomic E-state index is 0.350. The second-order valence-electron chi connectivity index (χ2n) is 4.78. The third-order valence-corrected chi connectivity index (χ3v) is 5.33. The van der Waals surface area contributed by atoms with E-state index in [1.54, 1.807) is 4.88 Å². The largest absolute Gasteiger partial charge is 0.323 e. The molecule has 0 amide bonds. The van der Waals surface area contributed by atoms with Crippen LogP contribution in [0.25, 0.3) is 0 Å². The van der Waals surface area contributed by atoms with Gasteiger partial charge in [0.1, 0.15) is 0 Å². The fourth-order valence-electron chi connectivity index (χ4n) is 2.70. The number of aryl methyl sites for hydroxylation is 2. The molecule has 0 saturated heterocycles. The predicted octanol–water partition coefficient (Wildman–Crippen LogP) is 3.04. The molecule has 0 radical (unpaired) electrons. The van der Waals surface area contributed by atoms with Crippen LogP contribution < -0.4 is 5.73 Å². The molecule has 2 aliphatic rings. The summed E-state index contributed by atoms with van der Waals surface area (Å²) in [6.07, 6.45) is 6.52. The summed E-state index contributed by atoms with van der Waals surface area (Å²) < 4.78 is 0. The molecule has 1 spiro atoms. The molecule has 1 fully saturated rings. The molecule has 1 aromatic rings. The highest BCUT2D eigenvalue weighted by Gasteiger charge is 2.50. The molecular formula is C12H17NS. The van der Waals surface area contributed by atoms with Gasteiger partial charge in [-0.05, 0) is 49.1 Å². The first-order chi connectivity index (χ1) is 6.75. The maximum Gasteiger partial charge on any atom is 0.0363 e. The van der Waals surface area contributed by atoms with E-state index in [2.05, 4.69) is 13.0 Å². The van der Waals surface area contributed by atoms with Crippen molar-refractivity contribution >= 4 is 11.3 Å². The van der Waals surface area contributed by atoms with Crippen molar-refractivity contribution in [1.29, 1.82) is 0 Å². The first-order valence-electron chi connectivity index (χ1n) is 5.62. The van der Waals surface area contributed by atoms with Crippen molar-refractivity contribution in [2.45, 2.75) is 45.1 Å². The van der Waals surface area contributed by atoms with Crippen LogP contribution in [0.15, 0.2) is 6.07 Å². The van der Waals surface area contributed by atoms with Crippen molar-refractivity contribution in [3.05, 3.63) is 21.4 Å². The normalized spacial score (nSPS) is 27.7. The summed E-state index contributed by atoms with van der Waals surface area (Å²) in [6, 6.07) is 2.71. The maximum absolute atomic E-state index is 6.36. The van der Waals surface area contributed by atoms with Crippen LogP contribution in [0.5, 0.6) is 0 Å². The molecule has 2 N–H and O–H groups in total. The minimum absolute atomic E-state index is 0.350. The van der Waals surface area contributed by atoms with Crippen molar-refractivity contribution in [3.8, 4) is 0 Å². The molecule has 1 saturated carbocycles. The van der Waals surface area contributed by atoms with Gasteiger partial charge in [-0.15, -0.1) is 11.3 Å². The first kappa shape index (κ1) is 8.93. The van der Waals surface area contributed by atoms with Gasteiger partial charge < -0.3 is 5.73 Å². The zero-order chi connectivity index (χ0) is 9.76. The monoisotopic (exact) mass is 207 g/mol. The summed E-state index contributed by atoms with van der Waals surface area (Å²) in [5.41, 5.74) is 8.37. The summed E-state index contributed by atoms with van der Waals surface area (Å²) >= 11 is 1.99. The minimum Gasteiger partial charge on any atom is -0.323 e. The van der Waals surface area contributed by atoms with Gasteiger partial charge in [0, 0.05) is 15.8 Å². The van der Waals surface area contributed by atoms with Crippen LogP contribution in [-0.2, 0) is 12.8 Å². The third kappa shape index (κ3) is 1.10. The summed E-state index contributed by atoms with van der Waals surface area (Å²) in [7, 11) is 0. The lowest BCUT2D eigenvalue weighted by Gasteiger charge is -2.28. The van der Waals surface area contributed by atoms with Crippen LogP contribution in [0.1, 0.15) is 47.5 Å². The average Bonchev–Trinajstić information content (AvgIpc) is 2.85. The number of rotatable bonds is 1. The Morgan fingerprint density at radius 1 is 1.50 bits per heavy atom. The Bertz CT molecular complexity index is 362. The van der Waals surface area contributed by atoms with Crippen LogP contribution in [0, 0.1) is 5.41 Å². The topological polar surface area (TPSA) is 26.0 Å².